The van der Waals surface area contributed by atoms with E-state index in [-0.39, 0.29) is 11.9 Å². The van der Waals surface area contributed by atoms with E-state index in [9.17, 15) is 4.79 Å². The number of hydrogen-bond donors (Lipinski definition) is 2. The highest BCUT2D eigenvalue weighted by Crippen LogP contribution is 2.21. The number of ether oxygens (including phenoxy) is 1. The number of likely N-dealkylation sites (N-methyl/N-ethyl adjacent to an activating group) is 1. The molecule has 1 unspecified atom stereocenters. The van der Waals surface area contributed by atoms with Gasteiger partial charge in [0.1, 0.15) is 0 Å². The fraction of sp³-hybridized carbons (Fsp3) is 0.889. The van der Waals surface area contributed by atoms with Gasteiger partial charge in [0.05, 0.1) is 12.1 Å². The summed E-state index contributed by atoms with van der Waals surface area (Å²) < 4.78 is 5.51. The first-order chi connectivity index (χ1) is 6.24. The van der Waals surface area contributed by atoms with E-state index in [4.69, 9.17) is 10.5 Å². The molecule has 76 valence electrons. The van der Waals surface area contributed by atoms with Crippen LogP contribution in [0.15, 0.2) is 0 Å². The monoisotopic (exact) mass is 186 g/mol. The molecule has 1 aliphatic carbocycles. The van der Waals surface area contributed by atoms with Crippen molar-refractivity contribution in [3.8, 4) is 0 Å². The van der Waals surface area contributed by atoms with Gasteiger partial charge in [0.15, 0.2) is 0 Å². The van der Waals surface area contributed by atoms with Crippen LogP contribution in [0.5, 0.6) is 0 Å². The molecule has 1 rings (SSSR count). The van der Waals surface area contributed by atoms with E-state index in [0.717, 1.165) is 0 Å². The predicted octanol–water partition coefficient (Wildman–Crippen LogP) is 0.0189. The topological polar surface area (TPSA) is 64.3 Å². The van der Waals surface area contributed by atoms with Crippen molar-refractivity contribution >= 4 is 5.91 Å². The van der Waals surface area contributed by atoms with Crippen LogP contribution >= 0.6 is 0 Å². The number of amides is 1. The molecule has 0 aromatic carbocycles. The molecule has 4 nitrogen and oxygen atoms in total. The lowest BCUT2D eigenvalue weighted by Crippen LogP contribution is -2.40. The minimum absolute atomic E-state index is 0.250. The zero-order valence-electron chi connectivity index (χ0n) is 8.08. The van der Waals surface area contributed by atoms with Gasteiger partial charge < -0.3 is 15.8 Å². The summed E-state index contributed by atoms with van der Waals surface area (Å²) in [5.74, 6) is -0.306. The number of primary amides is 1. The van der Waals surface area contributed by atoms with Gasteiger partial charge in [0.25, 0.3) is 0 Å². The Morgan fingerprint density at radius 3 is 2.77 bits per heavy atom. The maximum Gasteiger partial charge on any atom is 0.234 e. The molecular weight excluding hydrogens is 168 g/mol. The fourth-order valence-electron chi connectivity index (χ4n) is 1.32. The highest BCUT2D eigenvalue weighted by Gasteiger charge is 2.19. The summed E-state index contributed by atoms with van der Waals surface area (Å²) in [5, 5.41) is 2.86. The number of rotatable bonds is 6. The van der Waals surface area contributed by atoms with Crippen molar-refractivity contribution in [2.24, 2.45) is 5.73 Å². The van der Waals surface area contributed by atoms with Gasteiger partial charge in [-0.15, -0.1) is 0 Å². The number of nitrogens with one attached hydrogen (secondary N) is 1. The summed E-state index contributed by atoms with van der Waals surface area (Å²) in [6, 6.07) is -0.250. The van der Waals surface area contributed by atoms with Gasteiger partial charge in [0, 0.05) is 6.61 Å². The van der Waals surface area contributed by atoms with Crippen molar-refractivity contribution < 1.29 is 9.53 Å². The minimum Gasteiger partial charge on any atom is -0.378 e. The molecule has 1 fully saturated rings. The van der Waals surface area contributed by atoms with Crippen LogP contribution in [0.2, 0.25) is 0 Å². The van der Waals surface area contributed by atoms with Crippen molar-refractivity contribution in [1.29, 1.82) is 0 Å². The molecule has 0 aromatic heterocycles. The van der Waals surface area contributed by atoms with Crippen LogP contribution < -0.4 is 11.1 Å². The van der Waals surface area contributed by atoms with E-state index in [1.54, 1.807) is 7.05 Å². The number of carbonyl (C=O) groups excluding carboxylic acids is 1. The molecule has 0 bridgehead atoms. The Hall–Kier alpha value is -0.610. The molecule has 1 amide bonds. The van der Waals surface area contributed by atoms with Crippen molar-refractivity contribution in [2.45, 2.75) is 37.8 Å². The first-order valence-electron chi connectivity index (χ1n) is 4.82. The minimum atomic E-state index is -0.306. The van der Waals surface area contributed by atoms with Gasteiger partial charge in [-0.25, -0.2) is 0 Å². The smallest absolute Gasteiger partial charge is 0.234 e. The van der Waals surface area contributed by atoms with E-state index < -0.39 is 0 Å². The van der Waals surface area contributed by atoms with E-state index in [0.29, 0.717) is 19.1 Å². The molecular formula is C9H18N2O2. The Balaban J connectivity index is 2.05. The Morgan fingerprint density at radius 2 is 2.38 bits per heavy atom. The Labute approximate surface area is 78.8 Å². The maximum atomic E-state index is 10.8. The summed E-state index contributed by atoms with van der Waals surface area (Å²) >= 11 is 0. The lowest BCUT2D eigenvalue weighted by molar-refractivity contribution is -0.120. The van der Waals surface area contributed by atoms with Crippen LogP contribution in [-0.2, 0) is 9.53 Å². The van der Waals surface area contributed by atoms with Crippen LogP contribution in [0, 0.1) is 0 Å². The van der Waals surface area contributed by atoms with E-state index in [1.807, 2.05) is 0 Å². The standard InChI is InChI=1S/C9H18N2O2/c1-11-8(9(10)12)5-6-13-7-3-2-4-7/h7-8,11H,2-6H2,1H3,(H2,10,12). The molecule has 1 aliphatic rings. The molecule has 0 aliphatic heterocycles. The van der Waals surface area contributed by atoms with Crippen molar-refractivity contribution in [1.82, 2.24) is 5.32 Å². The zero-order valence-corrected chi connectivity index (χ0v) is 8.08. The lowest BCUT2D eigenvalue weighted by atomic mass is 9.96. The average Bonchev–Trinajstić information content (AvgIpc) is 2.00. The fourth-order valence-corrected chi connectivity index (χ4v) is 1.32. The highest BCUT2D eigenvalue weighted by atomic mass is 16.5. The molecule has 4 heteroatoms. The number of nitrogens with two attached hydrogens (primary N) is 1. The average molecular weight is 186 g/mol. The molecule has 0 heterocycles. The van der Waals surface area contributed by atoms with Crippen molar-refractivity contribution in [2.75, 3.05) is 13.7 Å². The van der Waals surface area contributed by atoms with Crippen LogP contribution in [0.3, 0.4) is 0 Å². The van der Waals surface area contributed by atoms with E-state index in [2.05, 4.69) is 5.32 Å². The third-order valence-electron chi connectivity index (χ3n) is 2.50. The quantitative estimate of drug-likeness (QED) is 0.614. The molecule has 1 saturated carbocycles. The summed E-state index contributed by atoms with van der Waals surface area (Å²) in [7, 11) is 1.73. The third-order valence-corrected chi connectivity index (χ3v) is 2.50. The van der Waals surface area contributed by atoms with Crippen LogP contribution in [0.25, 0.3) is 0 Å². The van der Waals surface area contributed by atoms with Crippen molar-refractivity contribution in [3.63, 3.8) is 0 Å². The van der Waals surface area contributed by atoms with Gasteiger partial charge in [0.2, 0.25) is 5.91 Å². The molecule has 0 spiro atoms. The second kappa shape index (κ2) is 5.19. The first-order valence-corrected chi connectivity index (χ1v) is 4.82. The highest BCUT2D eigenvalue weighted by molar-refractivity contribution is 5.79. The summed E-state index contributed by atoms with van der Waals surface area (Å²) in [4.78, 5) is 10.8. The zero-order chi connectivity index (χ0) is 9.68. The molecule has 0 aromatic rings. The van der Waals surface area contributed by atoms with Gasteiger partial charge in [-0.05, 0) is 32.7 Å². The third kappa shape index (κ3) is 3.32. The largest absolute Gasteiger partial charge is 0.378 e. The van der Waals surface area contributed by atoms with Gasteiger partial charge in [-0.2, -0.15) is 0 Å². The summed E-state index contributed by atoms with van der Waals surface area (Å²) in [5.41, 5.74) is 5.15. The molecule has 0 radical (unpaired) electrons. The number of hydrogen-bond acceptors (Lipinski definition) is 3. The SMILES string of the molecule is CNC(CCOC1CCC1)C(N)=O. The summed E-state index contributed by atoms with van der Waals surface area (Å²) in [6.45, 7) is 0.624. The molecule has 1 atom stereocenters. The molecule has 13 heavy (non-hydrogen) atoms. The van der Waals surface area contributed by atoms with Crippen LogP contribution in [0.1, 0.15) is 25.7 Å². The maximum absolute atomic E-state index is 10.8. The van der Waals surface area contributed by atoms with E-state index >= 15 is 0 Å². The Kier molecular flexibility index (Phi) is 4.18. The predicted molar refractivity (Wildman–Crippen MR) is 50.3 cm³/mol. The van der Waals surface area contributed by atoms with Crippen molar-refractivity contribution in [3.05, 3.63) is 0 Å². The van der Waals surface area contributed by atoms with Crippen LogP contribution in [0.4, 0.5) is 0 Å². The van der Waals surface area contributed by atoms with Gasteiger partial charge in [-0.1, -0.05) is 0 Å². The van der Waals surface area contributed by atoms with Gasteiger partial charge >= 0.3 is 0 Å². The van der Waals surface area contributed by atoms with E-state index in [1.165, 1.54) is 19.3 Å². The Morgan fingerprint density at radius 1 is 1.69 bits per heavy atom. The second-order valence-electron chi connectivity index (χ2n) is 3.46. The lowest BCUT2D eigenvalue weighted by Gasteiger charge is -2.26. The number of carbonyl (C=O) groups is 1. The normalized spacial score (nSPS) is 19.5. The summed E-state index contributed by atoms with van der Waals surface area (Å²) in [6.07, 6.45) is 4.71. The first kappa shape index (κ1) is 10.5. The second-order valence-corrected chi connectivity index (χ2v) is 3.46. The Bertz CT molecular complexity index is 169. The van der Waals surface area contributed by atoms with Gasteiger partial charge in [-0.3, -0.25) is 4.79 Å². The van der Waals surface area contributed by atoms with Crippen LogP contribution in [-0.4, -0.2) is 31.7 Å². The molecule has 3 N–H and O–H groups in total. The molecule has 0 saturated heterocycles.